The first-order valence-corrected chi connectivity index (χ1v) is 30.7. The highest BCUT2D eigenvalue weighted by atomic mass is 31.2. The van der Waals surface area contributed by atoms with Gasteiger partial charge in [0.05, 0.1) is 33.8 Å². The Labute approximate surface area is 449 Å². The number of amides is 1. The van der Waals surface area contributed by atoms with Gasteiger partial charge in [0.15, 0.2) is 0 Å². The van der Waals surface area contributed by atoms with Crippen LogP contribution in [0.4, 0.5) is 0 Å². The number of nitrogens with zero attached hydrogens (tertiary/aromatic N) is 1. The first kappa shape index (κ1) is 69.7. The molecule has 0 rings (SSSR count). The molecule has 0 aromatic rings. The normalized spacial score (nSPS) is 14.6. The maximum atomic E-state index is 13.5. The maximum Gasteiger partial charge on any atom is 0.306 e. The van der Waals surface area contributed by atoms with Crippen LogP contribution in [-0.2, 0) is 27.9 Å². The van der Waals surface area contributed by atoms with Crippen LogP contribution < -0.4 is 10.2 Å². The molecule has 3 atom stereocenters. The van der Waals surface area contributed by atoms with Crippen LogP contribution in [0.2, 0.25) is 0 Å². The second-order valence-electron chi connectivity index (χ2n) is 20.4. The van der Waals surface area contributed by atoms with Crippen LogP contribution in [-0.4, -0.2) is 69.4 Å². The Bertz CT molecular complexity index is 1620. The summed E-state index contributed by atoms with van der Waals surface area (Å²) in [4.78, 5) is 39.9. The smallest absolute Gasteiger partial charge is 0.306 e. The Morgan fingerprint density at radius 1 is 0.493 bits per heavy atom. The van der Waals surface area contributed by atoms with E-state index in [0.29, 0.717) is 23.9 Å². The van der Waals surface area contributed by atoms with Gasteiger partial charge in [0, 0.05) is 12.8 Å². The molecule has 3 unspecified atom stereocenters. The Morgan fingerprint density at radius 2 is 0.877 bits per heavy atom. The number of hydrogen-bond donors (Lipinski definition) is 1. The standard InChI is InChI=1S/C63H109N2O7P/c1-7-10-13-16-19-22-25-28-30-32-33-34-36-38-41-44-47-50-53-56-63(67)72-61(54-51-48-45-42-39-27-24-21-18-15-12-9-3)60(59-71-73(68,69)70-58-57-65(4,5)6)64-62(66)55-52-49-46-43-40-37-35-31-29-26-23-20-17-14-11-8-2/h11,14,19-20,22-23,28-31,33-34,37-38,40-41,51,54,60-61H,7-10,12-13,15-18,21,24-27,32,35-36,39,42-50,52-53,55-59H2,1-6H3,(H-,64,66,68,69)/b14-11+,22-19-,23-20+,30-28-,31-29+,34-33-,40-37+,41-38-,54-51+. The number of phosphoric acid groups is 1. The third kappa shape index (κ3) is 53.3. The van der Waals surface area contributed by atoms with Crippen molar-refractivity contribution in [3.63, 3.8) is 0 Å². The fourth-order valence-electron chi connectivity index (χ4n) is 7.67. The molecule has 0 aliphatic heterocycles. The number of allylic oxidation sites excluding steroid dienone is 17. The van der Waals surface area contributed by atoms with Crippen molar-refractivity contribution < 1.29 is 37.3 Å². The molecule has 0 aliphatic rings. The van der Waals surface area contributed by atoms with Crippen molar-refractivity contribution >= 4 is 19.7 Å². The molecule has 0 spiro atoms. The zero-order valence-corrected chi connectivity index (χ0v) is 48.4. The van der Waals surface area contributed by atoms with E-state index in [1.165, 1.54) is 77.0 Å². The first-order valence-electron chi connectivity index (χ1n) is 29.2. The number of quaternary nitrogens is 1. The monoisotopic (exact) mass is 1040 g/mol. The zero-order valence-electron chi connectivity index (χ0n) is 47.5. The van der Waals surface area contributed by atoms with Crippen molar-refractivity contribution in [1.82, 2.24) is 5.32 Å². The molecule has 1 N–H and O–H groups in total. The molecule has 418 valence electrons. The van der Waals surface area contributed by atoms with E-state index in [9.17, 15) is 19.0 Å². The van der Waals surface area contributed by atoms with E-state index in [-0.39, 0.29) is 31.3 Å². The second kappa shape index (κ2) is 52.1. The molecule has 10 heteroatoms. The summed E-state index contributed by atoms with van der Waals surface area (Å²) >= 11 is 0. The quantitative estimate of drug-likeness (QED) is 0.0212. The molecule has 0 saturated carbocycles. The van der Waals surface area contributed by atoms with E-state index >= 15 is 0 Å². The molecular weight excluding hydrogens is 928 g/mol. The molecule has 9 nitrogen and oxygen atoms in total. The van der Waals surface area contributed by atoms with Crippen LogP contribution in [0, 0.1) is 0 Å². The molecule has 0 aliphatic carbocycles. The fourth-order valence-corrected chi connectivity index (χ4v) is 8.39. The molecule has 1 amide bonds. The topological polar surface area (TPSA) is 114 Å². The van der Waals surface area contributed by atoms with E-state index < -0.39 is 26.6 Å². The Morgan fingerprint density at radius 3 is 1.34 bits per heavy atom. The van der Waals surface area contributed by atoms with Gasteiger partial charge < -0.3 is 28.5 Å². The lowest BCUT2D eigenvalue weighted by molar-refractivity contribution is -0.870. The van der Waals surface area contributed by atoms with E-state index in [2.05, 4.69) is 123 Å². The van der Waals surface area contributed by atoms with Crippen molar-refractivity contribution in [2.24, 2.45) is 0 Å². The van der Waals surface area contributed by atoms with Gasteiger partial charge >= 0.3 is 5.97 Å². The van der Waals surface area contributed by atoms with Gasteiger partial charge in [0.2, 0.25) is 5.91 Å². The van der Waals surface area contributed by atoms with Gasteiger partial charge in [-0.2, -0.15) is 0 Å². The number of phosphoric ester groups is 1. The molecule has 0 aromatic heterocycles. The molecule has 73 heavy (non-hydrogen) atoms. The molecule has 0 aromatic carbocycles. The number of carbonyl (C=O) groups is 2. The van der Waals surface area contributed by atoms with Gasteiger partial charge in [-0.1, -0.05) is 208 Å². The third-order valence-electron chi connectivity index (χ3n) is 12.2. The van der Waals surface area contributed by atoms with Gasteiger partial charge in [0.1, 0.15) is 19.3 Å². The number of rotatable bonds is 51. The zero-order chi connectivity index (χ0) is 53.6. The molecule has 0 bridgehead atoms. The Kier molecular flexibility index (Phi) is 49.7. The van der Waals surface area contributed by atoms with Crippen molar-refractivity contribution in [3.8, 4) is 0 Å². The SMILES string of the molecule is CC/C=C/C/C=C/C/C=C/C/C=C/CCCCCC(=O)NC(COP(=O)([O-])OCC[N+](C)(C)C)C(/C=C/CCCCCCCCCCCC)OC(=O)CCCCC/C=C\C/C=C\C/C=C\C/C=C\CCCCC. The summed E-state index contributed by atoms with van der Waals surface area (Å²) in [6, 6.07) is -0.925. The largest absolute Gasteiger partial charge is 0.756 e. The van der Waals surface area contributed by atoms with E-state index in [0.717, 1.165) is 103 Å². The average molecular weight is 1040 g/mol. The highest BCUT2D eigenvalue weighted by Crippen LogP contribution is 2.38. The third-order valence-corrected chi connectivity index (χ3v) is 13.2. The lowest BCUT2D eigenvalue weighted by atomic mass is 10.1. The molecule has 0 fully saturated rings. The van der Waals surface area contributed by atoms with Crippen LogP contribution in [0.25, 0.3) is 0 Å². The van der Waals surface area contributed by atoms with Crippen molar-refractivity contribution in [2.45, 2.75) is 238 Å². The number of esters is 1. The first-order chi connectivity index (χ1) is 35.4. The van der Waals surface area contributed by atoms with Crippen LogP contribution in [0.5, 0.6) is 0 Å². The summed E-state index contributed by atoms with van der Waals surface area (Å²) < 4.78 is 30.2. The van der Waals surface area contributed by atoms with Crippen LogP contribution in [0.3, 0.4) is 0 Å². The predicted octanol–water partition coefficient (Wildman–Crippen LogP) is 17.1. The molecular formula is C63H109N2O7P. The van der Waals surface area contributed by atoms with E-state index in [1.807, 2.05) is 27.2 Å². The van der Waals surface area contributed by atoms with Gasteiger partial charge in [-0.25, -0.2) is 0 Å². The minimum Gasteiger partial charge on any atom is -0.756 e. The van der Waals surface area contributed by atoms with E-state index in [1.54, 1.807) is 6.08 Å². The Hall–Kier alpha value is -3.33. The van der Waals surface area contributed by atoms with Gasteiger partial charge in [-0.15, -0.1) is 0 Å². The van der Waals surface area contributed by atoms with Crippen molar-refractivity contribution in [3.05, 3.63) is 109 Å². The minimum atomic E-state index is -4.72. The number of ether oxygens (including phenoxy) is 1. The van der Waals surface area contributed by atoms with E-state index in [4.69, 9.17) is 13.8 Å². The Balaban J connectivity index is 5.45. The van der Waals surface area contributed by atoms with Crippen molar-refractivity contribution in [1.29, 1.82) is 0 Å². The molecule has 0 radical (unpaired) electrons. The van der Waals surface area contributed by atoms with Crippen LogP contribution in [0.1, 0.15) is 226 Å². The number of likely N-dealkylation sites (N-methyl/N-ethyl adjacent to an activating group) is 1. The summed E-state index contributed by atoms with van der Waals surface area (Å²) in [6.45, 7) is 6.63. The van der Waals surface area contributed by atoms with Gasteiger partial charge in [0.25, 0.3) is 7.82 Å². The fraction of sp³-hybridized carbons (Fsp3) is 0.683. The predicted molar refractivity (Wildman–Crippen MR) is 311 cm³/mol. The maximum absolute atomic E-state index is 13.5. The lowest BCUT2D eigenvalue weighted by Gasteiger charge is -2.30. The van der Waals surface area contributed by atoms with Crippen LogP contribution in [0.15, 0.2) is 109 Å². The molecule has 0 heterocycles. The lowest BCUT2D eigenvalue weighted by Crippen LogP contribution is -2.47. The van der Waals surface area contributed by atoms with Crippen LogP contribution >= 0.6 is 7.82 Å². The summed E-state index contributed by atoms with van der Waals surface area (Å²) in [6.07, 6.45) is 70.5. The summed E-state index contributed by atoms with van der Waals surface area (Å²) in [5, 5.41) is 2.99. The number of unbranched alkanes of at least 4 members (excludes halogenated alkanes) is 19. The summed E-state index contributed by atoms with van der Waals surface area (Å²) in [7, 11) is 1.13. The van der Waals surface area contributed by atoms with Gasteiger partial charge in [-0.3, -0.25) is 14.2 Å². The average Bonchev–Trinajstić information content (AvgIpc) is 3.35. The minimum absolute atomic E-state index is 0.0399. The van der Waals surface area contributed by atoms with Crippen molar-refractivity contribution in [2.75, 3.05) is 40.9 Å². The number of carbonyl (C=O) groups excluding carboxylic acids is 2. The highest BCUT2D eigenvalue weighted by molar-refractivity contribution is 7.45. The highest BCUT2D eigenvalue weighted by Gasteiger charge is 2.27. The summed E-state index contributed by atoms with van der Waals surface area (Å²) in [5.41, 5.74) is 0. The number of nitrogens with one attached hydrogen (secondary N) is 1. The summed E-state index contributed by atoms with van der Waals surface area (Å²) in [5.74, 6) is -0.622. The van der Waals surface area contributed by atoms with Gasteiger partial charge in [-0.05, 0) is 115 Å². The number of hydrogen-bond acceptors (Lipinski definition) is 7. The molecule has 0 saturated heterocycles. The second-order valence-corrected chi connectivity index (χ2v) is 21.8.